The molecule has 0 radical (unpaired) electrons. The Morgan fingerprint density at radius 3 is 2.40 bits per heavy atom. The van der Waals surface area contributed by atoms with Crippen LogP contribution in [0.1, 0.15) is 33.6 Å². The van der Waals surface area contributed by atoms with Crippen molar-refractivity contribution in [1.82, 2.24) is 0 Å². The second kappa shape index (κ2) is 1.34. The molecule has 0 saturated heterocycles. The molecule has 0 bridgehead atoms. The van der Waals surface area contributed by atoms with Gasteiger partial charge in [-0.25, -0.2) is 0 Å². The standard InChI is InChI=1S/C10H16/c1-5-8-9(4)6-10(8,9)7(2)3/h8H,2,5-6H2,1,3-4H3. The van der Waals surface area contributed by atoms with Gasteiger partial charge in [-0.2, -0.15) is 0 Å². The third kappa shape index (κ3) is 0.372. The second-order valence-corrected chi connectivity index (χ2v) is 4.31. The van der Waals surface area contributed by atoms with Crippen LogP contribution in [0.2, 0.25) is 0 Å². The van der Waals surface area contributed by atoms with E-state index in [1.54, 1.807) is 0 Å². The summed E-state index contributed by atoms with van der Waals surface area (Å²) in [5.41, 5.74) is 2.76. The third-order valence-corrected chi connectivity index (χ3v) is 3.99. The van der Waals surface area contributed by atoms with Gasteiger partial charge < -0.3 is 0 Å². The van der Waals surface area contributed by atoms with Crippen molar-refractivity contribution < 1.29 is 0 Å². The molecular weight excluding hydrogens is 120 g/mol. The Morgan fingerprint density at radius 2 is 2.30 bits per heavy atom. The van der Waals surface area contributed by atoms with Crippen LogP contribution in [0, 0.1) is 16.7 Å². The van der Waals surface area contributed by atoms with Gasteiger partial charge in [0.1, 0.15) is 0 Å². The highest BCUT2D eigenvalue weighted by Crippen LogP contribution is 2.93. The molecule has 3 unspecified atom stereocenters. The first-order valence-corrected chi connectivity index (χ1v) is 4.25. The summed E-state index contributed by atoms with van der Waals surface area (Å²) in [6, 6.07) is 0. The topological polar surface area (TPSA) is 0 Å². The van der Waals surface area contributed by atoms with E-state index in [0.717, 1.165) is 5.92 Å². The van der Waals surface area contributed by atoms with Gasteiger partial charge in [0.05, 0.1) is 0 Å². The second-order valence-electron chi connectivity index (χ2n) is 4.31. The quantitative estimate of drug-likeness (QED) is 0.512. The van der Waals surface area contributed by atoms with E-state index in [-0.39, 0.29) is 0 Å². The maximum atomic E-state index is 4.07. The fourth-order valence-electron chi connectivity index (χ4n) is 3.25. The van der Waals surface area contributed by atoms with Crippen molar-refractivity contribution in [3.05, 3.63) is 12.2 Å². The summed E-state index contributed by atoms with van der Waals surface area (Å²) in [5, 5.41) is 0. The van der Waals surface area contributed by atoms with Crippen LogP contribution in [0.3, 0.4) is 0 Å². The molecule has 56 valence electrons. The SMILES string of the molecule is C=C(C)C12CC1(C)C2CC. The predicted molar refractivity (Wildman–Crippen MR) is 43.8 cm³/mol. The number of fused-ring (bicyclic) bond motifs is 1. The number of hydrogen-bond donors (Lipinski definition) is 0. The summed E-state index contributed by atoms with van der Waals surface area (Å²) in [6.45, 7) is 11.0. The van der Waals surface area contributed by atoms with Gasteiger partial charge in [0.2, 0.25) is 0 Å². The van der Waals surface area contributed by atoms with E-state index in [0.29, 0.717) is 10.8 Å². The van der Waals surface area contributed by atoms with E-state index in [2.05, 4.69) is 27.4 Å². The van der Waals surface area contributed by atoms with Gasteiger partial charge in [0, 0.05) is 5.41 Å². The molecule has 2 aliphatic rings. The lowest BCUT2D eigenvalue weighted by molar-refractivity contribution is 0.471. The molecule has 2 saturated carbocycles. The molecule has 0 amide bonds. The zero-order chi connectivity index (χ0) is 7.57. The first-order chi connectivity index (χ1) is 4.59. The van der Waals surface area contributed by atoms with E-state index in [9.17, 15) is 0 Å². The maximum Gasteiger partial charge on any atom is 0.000271 e. The Labute approximate surface area is 63.3 Å². The smallest absolute Gasteiger partial charge is 0.000271 e. The average Bonchev–Trinajstić information content (AvgIpc) is 2.53. The molecule has 3 atom stereocenters. The molecule has 10 heavy (non-hydrogen) atoms. The van der Waals surface area contributed by atoms with Crippen LogP contribution in [-0.2, 0) is 0 Å². The summed E-state index contributed by atoms with van der Waals surface area (Å²) in [7, 11) is 0. The number of allylic oxidation sites excluding steroid dienone is 1. The fraction of sp³-hybridized carbons (Fsp3) is 0.800. The average molecular weight is 136 g/mol. The first-order valence-electron chi connectivity index (χ1n) is 4.25. The van der Waals surface area contributed by atoms with Gasteiger partial charge in [0.15, 0.2) is 0 Å². The van der Waals surface area contributed by atoms with E-state index in [1.807, 2.05) is 0 Å². The molecule has 0 nitrogen and oxygen atoms in total. The fourth-order valence-corrected chi connectivity index (χ4v) is 3.25. The summed E-state index contributed by atoms with van der Waals surface area (Å²) in [4.78, 5) is 0. The molecule has 0 aromatic heterocycles. The van der Waals surface area contributed by atoms with Gasteiger partial charge in [-0.3, -0.25) is 0 Å². The van der Waals surface area contributed by atoms with Crippen LogP contribution >= 0.6 is 0 Å². The van der Waals surface area contributed by atoms with Gasteiger partial charge in [-0.05, 0) is 24.7 Å². The monoisotopic (exact) mass is 136 g/mol. The Bertz CT molecular complexity index is 204. The lowest BCUT2D eigenvalue weighted by atomic mass is 9.96. The molecule has 0 aromatic carbocycles. The van der Waals surface area contributed by atoms with Gasteiger partial charge in [0.25, 0.3) is 0 Å². The summed E-state index contributed by atoms with van der Waals surface area (Å²) >= 11 is 0. The Balaban J connectivity index is 2.19. The van der Waals surface area contributed by atoms with Crippen molar-refractivity contribution in [2.24, 2.45) is 16.7 Å². The summed E-state index contributed by atoms with van der Waals surface area (Å²) < 4.78 is 0. The lowest BCUT2D eigenvalue weighted by Crippen LogP contribution is -1.99. The minimum atomic E-state index is 0.627. The molecule has 2 aliphatic carbocycles. The van der Waals surface area contributed by atoms with Crippen LogP contribution < -0.4 is 0 Å². The van der Waals surface area contributed by atoms with E-state index in [4.69, 9.17) is 0 Å². The number of hydrogen-bond acceptors (Lipinski definition) is 0. The Morgan fingerprint density at radius 1 is 1.70 bits per heavy atom. The van der Waals surface area contributed by atoms with Crippen molar-refractivity contribution in [2.75, 3.05) is 0 Å². The van der Waals surface area contributed by atoms with Crippen molar-refractivity contribution in [2.45, 2.75) is 33.6 Å². The highest BCUT2D eigenvalue weighted by molar-refractivity contribution is 5.44. The van der Waals surface area contributed by atoms with Gasteiger partial charge >= 0.3 is 0 Å². The van der Waals surface area contributed by atoms with Crippen LogP contribution in [0.15, 0.2) is 12.2 Å². The van der Waals surface area contributed by atoms with Crippen molar-refractivity contribution in [1.29, 1.82) is 0 Å². The maximum absolute atomic E-state index is 4.07. The van der Waals surface area contributed by atoms with Crippen LogP contribution in [0.25, 0.3) is 0 Å². The van der Waals surface area contributed by atoms with Crippen LogP contribution in [-0.4, -0.2) is 0 Å². The van der Waals surface area contributed by atoms with Crippen LogP contribution in [0.4, 0.5) is 0 Å². The van der Waals surface area contributed by atoms with Gasteiger partial charge in [-0.15, -0.1) is 0 Å². The molecule has 2 fully saturated rings. The molecule has 0 N–H and O–H groups in total. The lowest BCUT2D eigenvalue weighted by Gasteiger charge is -2.08. The Hall–Kier alpha value is -0.260. The molecule has 0 spiro atoms. The molecule has 0 aromatic rings. The van der Waals surface area contributed by atoms with E-state index >= 15 is 0 Å². The Kier molecular flexibility index (Phi) is 0.867. The van der Waals surface area contributed by atoms with Crippen LogP contribution in [0.5, 0.6) is 0 Å². The van der Waals surface area contributed by atoms with E-state index in [1.165, 1.54) is 18.4 Å². The minimum Gasteiger partial charge on any atom is -0.0995 e. The van der Waals surface area contributed by atoms with Crippen molar-refractivity contribution >= 4 is 0 Å². The largest absolute Gasteiger partial charge is 0.0995 e. The predicted octanol–water partition coefficient (Wildman–Crippen LogP) is 3.00. The molecule has 0 heterocycles. The molecule has 2 rings (SSSR count). The molecule has 0 heteroatoms. The molecular formula is C10H16. The zero-order valence-electron chi connectivity index (χ0n) is 7.20. The highest BCUT2D eigenvalue weighted by Gasteiger charge is 2.86. The van der Waals surface area contributed by atoms with Gasteiger partial charge in [-0.1, -0.05) is 32.4 Å². The van der Waals surface area contributed by atoms with Crippen molar-refractivity contribution in [3.8, 4) is 0 Å². The highest BCUT2D eigenvalue weighted by atomic mass is 14.9. The first kappa shape index (κ1) is 6.45. The van der Waals surface area contributed by atoms with E-state index < -0.39 is 0 Å². The minimum absolute atomic E-state index is 0.627. The van der Waals surface area contributed by atoms with Crippen molar-refractivity contribution in [3.63, 3.8) is 0 Å². The normalized spacial score (nSPS) is 55.7. The summed E-state index contributed by atoms with van der Waals surface area (Å²) in [6.07, 6.45) is 2.78. The molecule has 0 aliphatic heterocycles. The zero-order valence-corrected chi connectivity index (χ0v) is 7.20. The number of rotatable bonds is 2. The third-order valence-electron chi connectivity index (χ3n) is 3.99. The summed E-state index contributed by atoms with van der Waals surface area (Å²) in [5.74, 6) is 0.984.